The minimum absolute atomic E-state index is 0.310. The molecule has 0 aliphatic heterocycles. The summed E-state index contributed by atoms with van der Waals surface area (Å²) in [7, 11) is 0. The van der Waals surface area contributed by atoms with Crippen molar-refractivity contribution in [1.82, 2.24) is 0 Å². The maximum absolute atomic E-state index is 12.6. The highest BCUT2D eigenvalue weighted by molar-refractivity contribution is 5.99. The Morgan fingerprint density at radius 3 is 1.42 bits per heavy atom. The molecule has 0 heterocycles. The number of Topliss-reactive ketones (excluding diaryl/α,β-unsaturated/α-hetero) is 2. The smallest absolute Gasteiger partial charge is 0.134 e. The van der Waals surface area contributed by atoms with Gasteiger partial charge in [0.25, 0.3) is 0 Å². The van der Waals surface area contributed by atoms with Crippen LogP contribution in [-0.2, 0) is 20.4 Å². The van der Waals surface area contributed by atoms with Gasteiger partial charge in [0.2, 0.25) is 0 Å². The van der Waals surface area contributed by atoms with Crippen LogP contribution in [-0.4, -0.2) is 11.6 Å². The Kier molecular flexibility index (Phi) is 2.50. The molecule has 0 radical (unpaired) electrons. The van der Waals surface area contributed by atoms with E-state index in [1.165, 1.54) is 33.4 Å². The molecule has 2 aromatic rings. The number of fused-ring (bicyclic) bond motifs is 3. The molecule has 2 saturated carbocycles. The SMILES string of the molecule is Cc1ccc2c(c1)C13CC(=O)CC1(CC(=O)C3)c1cc(C)ccc1-2. The number of hydrogen-bond acceptors (Lipinski definition) is 2. The lowest BCUT2D eigenvalue weighted by molar-refractivity contribution is -0.120. The van der Waals surface area contributed by atoms with Crippen LogP contribution in [0.5, 0.6) is 0 Å². The zero-order chi connectivity index (χ0) is 16.7. The number of ketones is 2. The highest BCUT2D eigenvalue weighted by Crippen LogP contribution is 2.67. The van der Waals surface area contributed by atoms with E-state index in [0.29, 0.717) is 37.2 Å². The van der Waals surface area contributed by atoms with Crippen molar-refractivity contribution in [2.75, 3.05) is 0 Å². The standard InChI is InChI=1S/C22H20O2/c1-13-3-5-17-18-6-4-14(2)8-20(18)22-11-15(23)9-21(22,19(17)7-13)10-16(24)12-22/h3-8H,9-12H2,1-2H3. The lowest BCUT2D eigenvalue weighted by Gasteiger charge is -2.46. The molecular formula is C22H20O2. The molecule has 0 saturated heterocycles. The van der Waals surface area contributed by atoms with Crippen molar-refractivity contribution >= 4 is 11.6 Å². The van der Waals surface area contributed by atoms with E-state index in [1.807, 2.05) is 0 Å². The van der Waals surface area contributed by atoms with Crippen molar-refractivity contribution in [3.8, 4) is 11.1 Å². The Hall–Kier alpha value is -2.22. The summed E-state index contributed by atoms with van der Waals surface area (Å²) in [5.74, 6) is 0.619. The summed E-state index contributed by atoms with van der Waals surface area (Å²) in [4.78, 5) is 25.2. The molecule has 0 amide bonds. The third-order valence-corrected chi connectivity index (χ3v) is 6.58. The van der Waals surface area contributed by atoms with Gasteiger partial charge in [0, 0.05) is 36.5 Å². The number of carbonyl (C=O) groups excluding carboxylic acids is 2. The van der Waals surface area contributed by atoms with Crippen molar-refractivity contribution in [1.29, 1.82) is 0 Å². The van der Waals surface area contributed by atoms with Crippen LogP contribution in [0.1, 0.15) is 47.9 Å². The van der Waals surface area contributed by atoms with E-state index in [-0.39, 0.29) is 10.8 Å². The van der Waals surface area contributed by atoms with E-state index < -0.39 is 0 Å². The second kappa shape index (κ2) is 4.24. The van der Waals surface area contributed by atoms with E-state index in [1.54, 1.807) is 0 Å². The van der Waals surface area contributed by atoms with Gasteiger partial charge in [0.1, 0.15) is 11.6 Å². The highest BCUT2D eigenvalue weighted by atomic mass is 16.1. The molecule has 24 heavy (non-hydrogen) atoms. The van der Waals surface area contributed by atoms with Gasteiger partial charge in [-0.05, 0) is 36.1 Å². The Morgan fingerprint density at radius 1 is 0.667 bits per heavy atom. The average molecular weight is 316 g/mol. The summed E-state index contributed by atoms with van der Waals surface area (Å²) in [6.07, 6.45) is 2.07. The molecule has 2 nitrogen and oxygen atoms in total. The number of aryl methyl sites for hydroxylation is 2. The van der Waals surface area contributed by atoms with Crippen molar-refractivity contribution < 1.29 is 9.59 Å². The highest BCUT2D eigenvalue weighted by Gasteiger charge is 2.67. The topological polar surface area (TPSA) is 34.1 Å². The summed E-state index contributed by atoms with van der Waals surface area (Å²) in [5.41, 5.74) is 6.67. The first-order valence-electron chi connectivity index (χ1n) is 8.71. The van der Waals surface area contributed by atoms with E-state index >= 15 is 0 Å². The number of rotatable bonds is 0. The molecule has 120 valence electrons. The molecule has 0 bridgehead atoms. The number of benzene rings is 2. The summed E-state index contributed by atoms with van der Waals surface area (Å²) in [5, 5.41) is 0. The van der Waals surface area contributed by atoms with E-state index in [9.17, 15) is 9.59 Å². The molecule has 3 aliphatic carbocycles. The molecule has 2 aromatic carbocycles. The van der Waals surface area contributed by atoms with Gasteiger partial charge >= 0.3 is 0 Å². The zero-order valence-corrected chi connectivity index (χ0v) is 14.1. The predicted octanol–water partition coefficient (Wildman–Crippen LogP) is 4.19. The second-order valence-electron chi connectivity index (χ2n) is 8.05. The minimum atomic E-state index is -0.316. The quantitative estimate of drug-likeness (QED) is 0.730. The van der Waals surface area contributed by atoms with Crippen LogP contribution in [0.25, 0.3) is 11.1 Å². The Morgan fingerprint density at radius 2 is 1.04 bits per heavy atom. The normalized spacial score (nSPS) is 29.9. The molecule has 0 N–H and O–H groups in total. The van der Waals surface area contributed by atoms with E-state index in [0.717, 1.165) is 0 Å². The molecule has 3 aliphatic rings. The summed E-state index contributed by atoms with van der Waals surface area (Å²) in [6, 6.07) is 13.1. The average Bonchev–Trinajstić information content (AvgIpc) is 2.95. The largest absolute Gasteiger partial charge is 0.300 e. The molecule has 0 spiro atoms. The van der Waals surface area contributed by atoms with Crippen LogP contribution >= 0.6 is 0 Å². The first-order valence-corrected chi connectivity index (χ1v) is 8.71. The molecule has 0 atom stereocenters. The van der Waals surface area contributed by atoms with Crippen LogP contribution in [0.4, 0.5) is 0 Å². The fourth-order valence-corrected chi connectivity index (χ4v) is 5.75. The third kappa shape index (κ3) is 1.47. The van der Waals surface area contributed by atoms with Crippen LogP contribution in [0, 0.1) is 13.8 Å². The predicted molar refractivity (Wildman–Crippen MR) is 93.2 cm³/mol. The Bertz CT molecular complexity index is 841. The van der Waals surface area contributed by atoms with Crippen molar-refractivity contribution in [3.63, 3.8) is 0 Å². The van der Waals surface area contributed by atoms with Gasteiger partial charge < -0.3 is 0 Å². The summed E-state index contributed by atoms with van der Waals surface area (Å²) >= 11 is 0. The number of carbonyl (C=O) groups is 2. The van der Waals surface area contributed by atoms with Crippen LogP contribution in [0.2, 0.25) is 0 Å². The first kappa shape index (κ1) is 14.2. The molecular weight excluding hydrogens is 296 g/mol. The zero-order valence-electron chi connectivity index (χ0n) is 14.1. The maximum atomic E-state index is 12.6. The fraction of sp³-hybridized carbons (Fsp3) is 0.364. The van der Waals surface area contributed by atoms with Crippen LogP contribution < -0.4 is 0 Å². The molecule has 0 unspecified atom stereocenters. The third-order valence-electron chi connectivity index (χ3n) is 6.58. The first-order chi connectivity index (χ1) is 11.4. The molecule has 2 fully saturated rings. The lowest BCUT2D eigenvalue weighted by Crippen LogP contribution is -2.43. The molecule has 5 rings (SSSR count). The van der Waals surface area contributed by atoms with Crippen molar-refractivity contribution in [2.24, 2.45) is 0 Å². The summed E-state index contributed by atoms with van der Waals surface area (Å²) < 4.78 is 0. The Balaban J connectivity index is 1.96. The maximum Gasteiger partial charge on any atom is 0.134 e. The minimum Gasteiger partial charge on any atom is -0.300 e. The van der Waals surface area contributed by atoms with Gasteiger partial charge in [0.05, 0.1) is 0 Å². The van der Waals surface area contributed by atoms with Crippen molar-refractivity contribution in [2.45, 2.75) is 50.4 Å². The van der Waals surface area contributed by atoms with Gasteiger partial charge in [-0.25, -0.2) is 0 Å². The van der Waals surface area contributed by atoms with Gasteiger partial charge in [0.15, 0.2) is 0 Å². The van der Waals surface area contributed by atoms with E-state index in [2.05, 4.69) is 50.2 Å². The van der Waals surface area contributed by atoms with Crippen molar-refractivity contribution in [3.05, 3.63) is 58.7 Å². The molecule has 0 aromatic heterocycles. The van der Waals surface area contributed by atoms with E-state index in [4.69, 9.17) is 0 Å². The number of hydrogen-bond donors (Lipinski definition) is 0. The molecule has 2 heteroatoms. The monoisotopic (exact) mass is 316 g/mol. The van der Waals surface area contributed by atoms with Gasteiger partial charge in [-0.2, -0.15) is 0 Å². The van der Waals surface area contributed by atoms with Gasteiger partial charge in [-0.1, -0.05) is 47.5 Å². The Labute approximate surface area is 141 Å². The lowest BCUT2D eigenvalue weighted by atomic mass is 9.55. The fourth-order valence-electron chi connectivity index (χ4n) is 5.75. The summed E-state index contributed by atoms with van der Waals surface area (Å²) in [6.45, 7) is 4.19. The van der Waals surface area contributed by atoms with Gasteiger partial charge in [-0.15, -0.1) is 0 Å². The second-order valence-corrected chi connectivity index (χ2v) is 8.05. The van der Waals surface area contributed by atoms with Gasteiger partial charge in [-0.3, -0.25) is 9.59 Å². The van der Waals surface area contributed by atoms with Crippen LogP contribution in [0.3, 0.4) is 0 Å². The van der Waals surface area contributed by atoms with Crippen LogP contribution in [0.15, 0.2) is 36.4 Å².